The molecular formula is C13H18N4O4. The first kappa shape index (κ1) is 15.2. The average Bonchev–Trinajstić information content (AvgIpc) is 2.47. The van der Waals surface area contributed by atoms with Gasteiger partial charge in [0.05, 0.1) is 4.92 Å². The summed E-state index contributed by atoms with van der Waals surface area (Å²) in [6.45, 7) is 0. The first-order valence-electron chi connectivity index (χ1n) is 6.81. The van der Waals surface area contributed by atoms with Gasteiger partial charge in [-0.3, -0.25) is 14.9 Å². The molecule has 0 aromatic carbocycles. The Hall–Kier alpha value is -2.22. The lowest BCUT2D eigenvalue weighted by Crippen LogP contribution is -2.43. The van der Waals surface area contributed by atoms with Gasteiger partial charge in [0.1, 0.15) is 17.9 Å². The van der Waals surface area contributed by atoms with Crippen LogP contribution in [0.2, 0.25) is 0 Å². The first-order chi connectivity index (χ1) is 10.0. The third-order valence-electron chi connectivity index (χ3n) is 3.65. The fourth-order valence-electron chi connectivity index (χ4n) is 2.52. The fourth-order valence-corrected chi connectivity index (χ4v) is 2.52. The van der Waals surface area contributed by atoms with E-state index in [1.165, 1.54) is 0 Å². The molecule has 1 aromatic rings. The van der Waals surface area contributed by atoms with Gasteiger partial charge in [0.25, 0.3) is 11.6 Å². The number of carbonyl (C=O) groups is 1. The Balaban J connectivity index is 2.26. The summed E-state index contributed by atoms with van der Waals surface area (Å²) in [6.07, 6.45) is 4.89. The smallest absolute Gasteiger partial charge is 0.288 e. The largest absolute Gasteiger partial charge is 0.472 e. The minimum Gasteiger partial charge on any atom is -0.472 e. The SMILES string of the molecule is CNC1CCCCC1Oc1ncc([N+](=O)[O-])cc1C(N)=O. The van der Waals surface area contributed by atoms with E-state index >= 15 is 0 Å². The molecule has 114 valence electrons. The van der Waals surface area contributed by atoms with Crippen molar-refractivity contribution >= 4 is 11.6 Å². The van der Waals surface area contributed by atoms with Crippen molar-refractivity contribution in [2.24, 2.45) is 5.73 Å². The fraction of sp³-hybridized carbons (Fsp3) is 0.538. The molecule has 1 aliphatic carbocycles. The van der Waals surface area contributed by atoms with Gasteiger partial charge in [-0.2, -0.15) is 0 Å². The third-order valence-corrected chi connectivity index (χ3v) is 3.65. The molecule has 1 fully saturated rings. The number of amides is 1. The second kappa shape index (κ2) is 6.49. The summed E-state index contributed by atoms with van der Waals surface area (Å²) in [5, 5.41) is 13.9. The second-order valence-electron chi connectivity index (χ2n) is 5.00. The average molecular weight is 294 g/mol. The number of pyridine rings is 1. The number of carbonyl (C=O) groups excluding carboxylic acids is 1. The minimum atomic E-state index is -0.794. The number of nitrogens with zero attached hydrogens (tertiary/aromatic N) is 2. The molecule has 0 radical (unpaired) electrons. The number of primary amides is 1. The van der Waals surface area contributed by atoms with Gasteiger partial charge in [0, 0.05) is 12.1 Å². The lowest BCUT2D eigenvalue weighted by atomic mass is 9.92. The number of nitro groups is 1. The van der Waals surface area contributed by atoms with E-state index in [0.717, 1.165) is 37.9 Å². The van der Waals surface area contributed by atoms with Crippen molar-refractivity contribution in [2.75, 3.05) is 7.05 Å². The number of likely N-dealkylation sites (N-methyl/N-ethyl adjacent to an activating group) is 1. The van der Waals surface area contributed by atoms with E-state index in [-0.39, 0.29) is 29.3 Å². The highest BCUT2D eigenvalue weighted by atomic mass is 16.6. The highest BCUT2D eigenvalue weighted by Gasteiger charge is 2.28. The van der Waals surface area contributed by atoms with Gasteiger partial charge < -0.3 is 15.8 Å². The van der Waals surface area contributed by atoms with Gasteiger partial charge in [0.2, 0.25) is 5.88 Å². The van der Waals surface area contributed by atoms with Gasteiger partial charge in [-0.05, 0) is 26.3 Å². The molecule has 1 heterocycles. The molecule has 0 spiro atoms. The lowest BCUT2D eigenvalue weighted by Gasteiger charge is -2.31. The Morgan fingerprint density at radius 3 is 2.86 bits per heavy atom. The van der Waals surface area contributed by atoms with Gasteiger partial charge in [-0.25, -0.2) is 4.98 Å². The van der Waals surface area contributed by atoms with E-state index in [2.05, 4.69) is 10.3 Å². The molecule has 2 atom stereocenters. The third kappa shape index (κ3) is 3.46. The zero-order chi connectivity index (χ0) is 15.4. The first-order valence-corrected chi connectivity index (χ1v) is 6.81. The molecule has 8 nitrogen and oxygen atoms in total. The summed E-state index contributed by atoms with van der Waals surface area (Å²) in [5.74, 6) is -0.738. The van der Waals surface area contributed by atoms with Crippen LogP contribution in [0.5, 0.6) is 5.88 Å². The van der Waals surface area contributed by atoms with E-state index in [4.69, 9.17) is 10.5 Å². The maximum absolute atomic E-state index is 11.5. The van der Waals surface area contributed by atoms with Crippen molar-refractivity contribution in [3.8, 4) is 5.88 Å². The van der Waals surface area contributed by atoms with Crippen LogP contribution in [0.3, 0.4) is 0 Å². The van der Waals surface area contributed by atoms with Crippen LogP contribution in [-0.4, -0.2) is 35.0 Å². The summed E-state index contributed by atoms with van der Waals surface area (Å²) in [5.41, 5.74) is 4.91. The van der Waals surface area contributed by atoms with Crippen LogP contribution in [0.15, 0.2) is 12.3 Å². The van der Waals surface area contributed by atoms with E-state index < -0.39 is 10.8 Å². The molecule has 0 bridgehead atoms. The Kier molecular flexibility index (Phi) is 4.69. The second-order valence-corrected chi connectivity index (χ2v) is 5.00. The van der Waals surface area contributed by atoms with E-state index in [1.54, 1.807) is 0 Å². The molecule has 21 heavy (non-hydrogen) atoms. The molecule has 1 aromatic heterocycles. The normalized spacial score (nSPS) is 21.8. The quantitative estimate of drug-likeness (QED) is 0.617. The summed E-state index contributed by atoms with van der Waals surface area (Å²) in [4.78, 5) is 25.5. The molecule has 1 saturated carbocycles. The van der Waals surface area contributed by atoms with Crippen LogP contribution >= 0.6 is 0 Å². The number of rotatable bonds is 5. The predicted molar refractivity (Wildman–Crippen MR) is 75.1 cm³/mol. The Labute approximate surface area is 121 Å². The van der Waals surface area contributed by atoms with Crippen LogP contribution in [0.1, 0.15) is 36.0 Å². The summed E-state index contributed by atoms with van der Waals surface area (Å²) < 4.78 is 5.79. The Morgan fingerprint density at radius 2 is 2.24 bits per heavy atom. The standard InChI is InChI=1S/C13H18N4O4/c1-15-10-4-2-3-5-11(10)21-13-9(12(14)18)6-8(7-16-13)17(19)20/h6-7,10-11,15H,2-5H2,1H3,(H2,14,18). The Bertz CT molecular complexity index is 549. The predicted octanol–water partition coefficient (Wildman–Crippen LogP) is 0.998. The van der Waals surface area contributed by atoms with Crippen molar-refractivity contribution in [3.05, 3.63) is 27.9 Å². The monoisotopic (exact) mass is 294 g/mol. The van der Waals surface area contributed by atoms with Crippen molar-refractivity contribution in [3.63, 3.8) is 0 Å². The molecular weight excluding hydrogens is 276 g/mol. The van der Waals surface area contributed by atoms with Crippen LogP contribution in [0.4, 0.5) is 5.69 Å². The topological polar surface area (TPSA) is 120 Å². The number of hydrogen-bond acceptors (Lipinski definition) is 6. The summed E-state index contributed by atoms with van der Waals surface area (Å²) >= 11 is 0. The lowest BCUT2D eigenvalue weighted by molar-refractivity contribution is -0.385. The number of ether oxygens (including phenoxy) is 1. The van der Waals surface area contributed by atoms with Crippen molar-refractivity contribution in [1.82, 2.24) is 10.3 Å². The summed E-state index contributed by atoms with van der Waals surface area (Å²) in [6, 6.07) is 1.26. The zero-order valence-corrected chi connectivity index (χ0v) is 11.7. The molecule has 3 N–H and O–H groups in total. The van der Waals surface area contributed by atoms with Gasteiger partial charge in [0.15, 0.2) is 0 Å². The van der Waals surface area contributed by atoms with Crippen LogP contribution in [0, 0.1) is 10.1 Å². The van der Waals surface area contributed by atoms with E-state index in [0.29, 0.717) is 0 Å². The number of hydrogen-bond donors (Lipinski definition) is 2. The van der Waals surface area contributed by atoms with Crippen LogP contribution in [0.25, 0.3) is 0 Å². The molecule has 0 aliphatic heterocycles. The minimum absolute atomic E-state index is 0.0558. The van der Waals surface area contributed by atoms with E-state index in [9.17, 15) is 14.9 Å². The zero-order valence-electron chi connectivity index (χ0n) is 11.7. The molecule has 2 unspecified atom stereocenters. The molecule has 0 saturated heterocycles. The maximum Gasteiger partial charge on any atom is 0.288 e. The van der Waals surface area contributed by atoms with Gasteiger partial charge in [-0.1, -0.05) is 6.42 Å². The van der Waals surface area contributed by atoms with Crippen LogP contribution in [-0.2, 0) is 0 Å². The highest BCUT2D eigenvalue weighted by Crippen LogP contribution is 2.26. The molecule has 8 heteroatoms. The van der Waals surface area contributed by atoms with E-state index in [1.807, 2.05) is 7.05 Å². The molecule has 1 aliphatic rings. The maximum atomic E-state index is 11.5. The number of nitrogens with two attached hydrogens (primary N) is 1. The van der Waals surface area contributed by atoms with Crippen molar-refractivity contribution < 1.29 is 14.5 Å². The van der Waals surface area contributed by atoms with Crippen LogP contribution < -0.4 is 15.8 Å². The summed E-state index contributed by atoms with van der Waals surface area (Å²) in [7, 11) is 1.85. The molecule has 2 rings (SSSR count). The molecule has 1 amide bonds. The highest BCUT2D eigenvalue weighted by molar-refractivity contribution is 5.95. The number of nitrogens with one attached hydrogen (secondary N) is 1. The number of aromatic nitrogens is 1. The Morgan fingerprint density at radius 1 is 1.52 bits per heavy atom. The van der Waals surface area contributed by atoms with Crippen molar-refractivity contribution in [1.29, 1.82) is 0 Å². The van der Waals surface area contributed by atoms with Crippen molar-refractivity contribution in [2.45, 2.75) is 37.8 Å². The van der Waals surface area contributed by atoms with Gasteiger partial charge in [-0.15, -0.1) is 0 Å². The van der Waals surface area contributed by atoms with Gasteiger partial charge >= 0.3 is 0 Å².